The first-order chi connectivity index (χ1) is 16.9. The molecule has 180 valence electrons. The van der Waals surface area contributed by atoms with E-state index in [1.807, 2.05) is 0 Å². The van der Waals surface area contributed by atoms with Crippen LogP contribution in [0.2, 0.25) is 5.02 Å². The molecule has 0 bridgehead atoms. The summed E-state index contributed by atoms with van der Waals surface area (Å²) < 4.78 is 10.5. The van der Waals surface area contributed by atoms with Crippen molar-refractivity contribution in [2.24, 2.45) is 0 Å². The fraction of sp³-hybridized carbons (Fsp3) is 0.120. The minimum Gasteiger partial charge on any atom is -0.456 e. The number of hydrogen-bond donors (Lipinski definition) is 3. The normalized spacial score (nSPS) is 10.1. The Labute approximate surface area is 206 Å². The predicted molar refractivity (Wildman–Crippen MR) is 129 cm³/mol. The van der Waals surface area contributed by atoms with Gasteiger partial charge in [-0.1, -0.05) is 41.9 Å². The van der Waals surface area contributed by atoms with Gasteiger partial charge in [-0.25, -0.2) is 0 Å². The van der Waals surface area contributed by atoms with Crippen molar-refractivity contribution in [1.82, 2.24) is 10.9 Å². The van der Waals surface area contributed by atoms with E-state index >= 15 is 0 Å². The summed E-state index contributed by atoms with van der Waals surface area (Å²) in [6.07, 6.45) is -0.355. The maximum absolute atomic E-state index is 12.1. The van der Waals surface area contributed by atoms with E-state index < -0.39 is 30.3 Å². The summed E-state index contributed by atoms with van der Waals surface area (Å²) in [5, 5.41) is 3.14. The number of ether oxygens (including phenoxy) is 2. The maximum atomic E-state index is 12.1. The van der Waals surface area contributed by atoms with E-state index in [1.165, 1.54) is 0 Å². The van der Waals surface area contributed by atoms with Crippen molar-refractivity contribution in [3.8, 4) is 11.5 Å². The summed E-state index contributed by atoms with van der Waals surface area (Å²) in [7, 11) is 0. The second kappa shape index (κ2) is 12.8. The molecule has 9 nitrogen and oxygen atoms in total. The molecule has 0 aromatic heterocycles. The topological polar surface area (TPSA) is 123 Å². The van der Waals surface area contributed by atoms with Gasteiger partial charge in [0.2, 0.25) is 5.91 Å². The van der Waals surface area contributed by atoms with Crippen LogP contribution in [0.25, 0.3) is 0 Å². The van der Waals surface area contributed by atoms with E-state index in [4.69, 9.17) is 21.1 Å². The minimum atomic E-state index is -0.729. The molecule has 3 rings (SSSR count). The summed E-state index contributed by atoms with van der Waals surface area (Å²) in [5.41, 5.74) is 5.23. The molecule has 3 amide bonds. The maximum Gasteiger partial charge on any atom is 0.306 e. The fourth-order valence-corrected chi connectivity index (χ4v) is 2.92. The minimum absolute atomic E-state index is 0.136. The average molecular weight is 496 g/mol. The Hall–Kier alpha value is -4.37. The molecule has 0 atom stereocenters. The molecule has 0 aliphatic heterocycles. The lowest BCUT2D eigenvalue weighted by Crippen LogP contribution is -2.43. The number of rotatable bonds is 9. The summed E-state index contributed by atoms with van der Waals surface area (Å²) in [4.78, 5) is 47.5. The number of nitrogens with one attached hydrogen (secondary N) is 3. The molecule has 0 fully saturated rings. The number of hydrogen-bond acceptors (Lipinski definition) is 6. The molecule has 35 heavy (non-hydrogen) atoms. The van der Waals surface area contributed by atoms with Gasteiger partial charge in [0, 0.05) is 17.7 Å². The molecule has 0 aliphatic carbocycles. The first-order valence-electron chi connectivity index (χ1n) is 10.5. The number of esters is 1. The number of hydrazine groups is 1. The van der Waals surface area contributed by atoms with Crippen molar-refractivity contribution in [3.63, 3.8) is 0 Å². The lowest BCUT2D eigenvalue weighted by Gasteiger charge is -2.09. The third kappa shape index (κ3) is 8.49. The van der Waals surface area contributed by atoms with Crippen LogP contribution in [-0.2, 0) is 19.1 Å². The van der Waals surface area contributed by atoms with Crippen LogP contribution < -0.4 is 20.9 Å². The SMILES string of the molecule is O=C(COC(=O)CCC(=O)Nc1ccc(Oc2ccccc2Cl)cc1)NNC(=O)c1ccccc1. The predicted octanol–water partition coefficient (Wildman–Crippen LogP) is 3.86. The molecule has 3 N–H and O–H groups in total. The first-order valence-corrected chi connectivity index (χ1v) is 10.9. The van der Waals surface area contributed by atoms with Gasteiger partial charge in [0.15, 0.2) is 6.61 Å². The Morgan fingerprint density at radius 2 is 1.43 bits per heavy atom. The van der Waals surface area contributed by atoms with E-state index in [0.717, 1.165) is 0 Å². The summed E-state index contributed by atoms with van der Waals surface area (Å²) in [6.45, 7) is -0.595. The zero-order valence-corrected chi connectivity index (χ0v) is 19.2. The summed E-state index contributed by atoms with van der Waals surface area (Å²) >= 11 is 6.07. The average Bonchev–Trinajstić information content (AvgIpc) is 2.87. The van der Waals surface area contributed by atoms with E-state index in [1.54, 1.807) is 78.9 Å². The lowest BCUT2D eigenvalue weighted by molar-refractivity contribution is -0.149. The molecule has 0 saturated heterocycles. The van der Waals surface area contributed by atoms with Crippen LogP contribution in [0.3, 0.4) is 0 Å². The van der Waals surface area contributed by atoms with Gasteiger partial charge in [-0.3, -0.25) is 30.0 Å². The van der Waals surface area contributed by atoms with Crippen molar-refractivity contribution in [3.05, 3.63) is 89.4 Å². The molecule has 3 aromatic rings. The number of benzene rings is 3. The van der Waals surface area contributed by atoms with Crippen LogP contribution >= 0.6 is 11.6 Å². The fourth-order valence-electron chi connectivity index (χ4n) is 2.74. The van der Waals surface area contributed by atoms with Crippen molar-refractivity contribution in [2.45, 2.75) is 12.8 Å². The number of carbonyl (C=O) groups is 4. The monoisotopic (exact) mass is 495 g/mol. The molecule has 3 aromatic carbocycles. The molecule has 0 saturated carbocycles. The molecule has 10 heteroatoms. The Bertz CT molecular complexity index is 1190. The van der Waals surface area contributed by atoms with Gasteiger partial charge in [0.05, 0.1) is 11.4 Å². The highest BCUT2D eigenvalue weighted by atomic mass is 35.5. The molecule has 0 unspecified atom stereocenters. The Balaban J connectivity index is 1.33. The van der Waals surface area contributed by atoms with Crippen molar-refractivity contribution < 1.29 is 28.7 Å². The Morgan fingerprint density at radius 1 is 0.743 bits per heavy atom. The summed E-state index contributed by atoms with van der Waals surface area (Å²) in [5.74, 6) is -1.30. The third-order valence-corrected chi connectivity index (χ3v) is 4.79. The number of anilines is 1. The summed E-state index contributed by atoms with van der Waals surface area (Å²) in [6, 6.07) is 22.0. The molecular formula is C25H22ClN3O6. The molecule has 0 aliphatic rings. The van der Waals surface area contributed by atoms with Crippen molar-refractivity contribution in [1.29, 1.82) is 0 Å². The molecular weight excluding hydrogens is 474 g/mol. The van der Waals surface area contributed by atoms with Crippen molar-refractivity contribution in [2.75, 3.05) is 11.9 Å². The van der Waals surface area contributed by atoms with Crippen molar-refractivity contribution >= 4 is 41.0 Å². The highest BCUT2D eigenvalue weighted by Gasteiger charge is 2.12. The van der Waals surface area contributed by atoms with Crippen LogP contribution in [0.4, 0.5) is 5.69 Å². The molecule has 0 heterocycles. The first kappa shape index (κ1) is 25.3. The Kier molecular flexibility index (Phi) is 9.21. The van der Waals surface area contributed by atoms with Crippen LogP contribution in [0, 0.1) is 0 Å². The third-order valence-electron chi connectivity index (χ3n) is 4.47. The van der Waals surface area contributed by atoms with E-state index in [0.29, 0.717) is 27.8 Å². The van der Waals surface area contributed by atoms with Gasteiger partial charge in [0.25, 0.3) is 11.8 Å². The number of halogens is 1. The van der Waals surface area contributed by atoms with E-state index in [-0.39, 0.29) is 12.8 Å². The standard InChI is InChI=1S/C25H22ClN3O6/c26-20-8-4-5-9-21(20)35-19-12-10-18(11-13-19)27-22(30)14-15-24(32)34-16-23(31)28-29-25(33)17-6-2-1-3-7-17/h1-13H,14-16H2,(H,27,30)(H,28,31)(H,29,33). The van der Waals surface area contributed by atoms with Crippen LogP contribution in [0.15, 0.2) is 78.9 Å². The molecule has 0 spiro atoms. The van der Waals surface area contributed by atoms with Crippen LogP contribution in [-0.4, -0.2) is 30.3 Å². The quantitative estimate of drug-likeness (QED) is 0.306. The zero-order chi connectivity index (χ0) is 25.0. The van der Waals surface area contributed by atoms with Crippen LogP contribution in [0.5, 0.6) is 11.5 Å². The van der Waals surface area contributed by atoms with E-state index in [2.05, 4.69) is 16.2 Å². The van der Waals surface area contributed by atoms with Gasteiger partial charge < -0.3 is 14.8 Å². The number of para-hydroxylation sites is 1. The smallest absolute Gasteiger partial charge is 0.306 e. The largest absolute Gasteiger partial charge is 0.456 e. The second-order valence-electron chi connectivity index (χ2n) is 7.13. The van der Waals surface area contributed by atoms with Gasteiger partial charge >= 0.3 is 5.97 Å². The highest BCUT2D eigenvalue weighted by molar-refractivity contribution is 6.32. The highest BCUT2D eigenvalue weighted by Crippen LogP contribution is 2.29. The van der Waals surface area contributed by atoms with Gasteiger partial charge in [-0.05, 0) is 48.5 Å². The number of carbonyl (C=O) groups excluding carboxylic acids is 4. The lowest BCUT2D eigenvalue weighted by atomic mass is 10.2. The molecule has 0 radical (unpaired) electrons. The zero-order valence-electron chi connectivity index (χ0n) is 18.5. The van der Waals surface area contributed by atoms with Gasteiger partial charge in [-0.2, -0.15) is 0 Å². The second-order valence-corrected chi connectivity index (χ2v) is 7.54. The number of amides is 3. The van der Waals surface area contributed by atoms with Gasteiger partial charge in [-0.15, -0.1) is 0 Å². The van der Waals surface area contributed by atoms with Gasteiger partial charge in [0.1, 0.15) is 11.5 Å². The van der Waals surface area contributed by atoms with Crippen LogP contribution in [0.1, 0.15) is 23.2 Å². The Morgan fingerprint density at radius 3 is 2.14 bits per heavy atom. The van der Waals surface area contributed by atoms with E-state index in [9.17, 15) is 19.2 Å².